The summed E-state index contributed by atoms with van der Waals surface area (Å²) in [5.74, 6) is 0. The smallest absolute Gasteiger partial charge is 0.0390 e. The molecule has 0 heterocycles. The number of hydrogen-bond acceptors (Lipinski definition) is 2. The van der Waals surface area contributed by atoms with Gasteiger partial charge in [0.2, 0.25) is 0 Å². The van der Waals surface area contributed by atoms with Crippen molar-refractivity contribution in [3.63, 3.8) is 0 Å². The van der Waals surface area contributed by atoms with Crippen LogP contribution in [0.2, 0.25) is 0 Å². The lowest BCUT2D eigenvalue weighted by Gasteiger charge is -2.19. The molecule has 0 saturated heterocycles. The van der Waals surface area contributed by atoms with Gasteiger partial charge in [0.1, 0.15) is 0 Å². The quantitative estimate of drug-likeness (QED) is 0.220. The van der Waals surface area contributed by atoms with E-state index in [0.717, 1.165) is 22.7 Å². The second-order valence-corrected chi connectivity index (χ2v) is 10.2. The van der Waals surface area contributed by atoms with Crippen LogP contribution in [0.3, 0.4) is 0 Å². The molecule has 0 bridgehead atoms. The highest BCUT2D eigenvalue weighted by Crippen LogP contribution is 2.41. The van der Waals surface area contributed by atoms with Gasteiger partial charge in [0.05, 0.1) is 0 Å². The van der Waals surface area contributed by atoms with Crippen molar-refractivity contribution >= 4 is 22.7 Å². The monoisotopic (exact) mass is 516 g/mol. The van der Waals surface area contributed by atoms with Crippen LogP contribution in [0.5, 0.6) is 0 Å². The predicted molar refractivity (Wildman–Crippen MR) is 172 cm³/mol. The van der Waals surface area contributed by atoms with E-state index in [-0.39, 0.29) is 0 Å². The summed E-state index contributed by atoms with van der Waals surface area (Å²) in [7, 11) is 0. The molecule has 6 rings (SSSR count). The molecule has 0 aliphatic heterocycles. The van der Waals surface area contributed by atoms with Crippen LogP contribution in [-0.2, 0) is 0 Å². The molecule has 0 amide bonds. The molecule has 6 aromatic rings. The first kappa shape index (κ1) is 25.2. The first-order valence-corrected chi connectivity index (χ1v) is 13.7. The van der Waals surface area contributed by atoms with Crippen molar-refractivity contribution in [3.8, 4) is 33.4 Å². The molecule has 2 heteroatoms. The maximum absolute atomic E-state index is 3.59. The fourth-order valence-corrected chi connectivity index (χ4v) is 5.19. The summed E-state index contributed by atoms with van der Waals surface area (Å²) < 4.78 is 0. The number of para-hydroxylation sites is 2. The Hall–Kier alpha value is -5.08. The van der Waals surface area contributed by atoms with Gasteiger partial charge in [-0.2, -0.15) is 0 Å². The fourth-order valence-electron chi connectivity index (χ4n) is 5.19. The number of aryl methyl sites for hydroxylation is 2. The third kappa shape index (κ3) is 5.67. The molecule has 0 aliphatic carbocycles. The van der Waals surface area contributed by atoms with Crippen LogP contribution in [0.4, 0.5) is 22.7 Å². The molecule has 0 saturated carbocycles. The first-order chi connectivity index (χ1) is 19.6. The fraction of sp³-hybridized carbons (Fsp3) is 0.0526. The Morgan fingerprint density at radius 1 is 0.325 bits per heavy atom. The third-order valence-electron chi connectivity index (χ3n) is 7.11. The highest BCUT2D eigenvalue weighted by atomic mass is 14.9. The lowest BCUT2D eigenvalue weighted by atomic mass is 9.88. The van der Waals surface area contributed by atoms with E-state index < -0.39 is 0 Å². The second kappa shape index (κ2) is 11.3. The summed E-state index contributed by atoms with van der Waals surface area (Å²) in [6, 6.07) is 51.6. The Morgan fingerprint density at radius 2 is 0.750 bits per heavy atom. The Labute approximate surface area is 237 Å². The molecule has 6 aromatic carbocycles. The maximum Gasteiger partial charge on any atom is 0.0390 e. The van der Waals surface area contributed by atoms with Gasteiger partial charge in [-0.15, -0.1) is 0 Å². The molecule has 2 N–H and O–H groups in total. The van der Waals surface area contributed by atoms with Crippen molar-refractivity contribution in [1.82, 2.24) is 0 Å². The molecule has 0 aliphatic rings. The predicted octanol–water partition coefficient (Wildman–Crippen LogP) is 10.8. The van der Waals surface area contributed by atoms with Crippen molar-refractivity contribution in [2.75, 3.05) is 10.6 Å². The van der Waals surface area contributed by atoms with Crippen molar-refractivity contribution in [1.29, 1.82) is 0 Å². The first-order valence-electron chi connectivity index (χ1n) is 13.7. The number of anilines is 4. The van der Waals surface area contributed by atoms with Crippen molar-refractivity contribution in [3.05, 3.63) is 157 Å². The van der Waals surface area contributed by atoms with E-state index in [1.54, 1.807) is 0 Å². The van der Waals surface area contributed by atoms with Gasteiger partial charge in [0.15, 0.2) is 0 Å². The zero-order valence-corrected chi connectivity index (χ0v) is 22.9. The van der Waals surface area contributed by atoms with E-state index in [1.165, 1.54) is 44.5 Å². The summed E-state index contributed by atoms with van der Waals surface area (Å²) in [6.45, 7) is 4.30. The molecule has 0 atom stereocenters. The zero-order valence-electron chi connectivity index (χ0n) is 22.9. The van der Waals surface area contributed by atoms with Crippen molar-refractivity contribution in [2.24, 2.45) is 0 Å². The largest absolute Gasteiger partial charge is 0.356 e. The lowest BCUT2D eigenvalue weighted by molar-refractivity contribution is 1.45. The molecule has 194 valence electrons. The Kier molecular flexibility index (Phi) is 7.15. The Balaban J connectivity index is 1.51. The molecule has 40 heavy (non-hydrogen) atoms. The van der Waals surface area contributed by atoms with Crippen LogP contribution >= 0.6 is 0 Å². The summed E-state index contributed by atoms with van der Waals surface area (Å²) in [5, 5.41) is 7.18. The normalized spacial score (nSPS) is 10.8. The molecule has 0 radical (unpaired) electrons. The van der Waals surface area contributed by atoms with Crippen LogP contribution < -0.4 is 10.6 Å². The molecular formula is C38H32N2. The SMILES string of the molecule is Cc1cccc(-c2cc(Nc3ccccc3)ccc2-c2ccc(Nc3ccccc3)cc2-c2cccc(C)c2)c1. The molecule has 0 unspecified atom stereocenters. The summed E-state index contributed by atoms with van der Waals surface area (Å²) >= 11 is 0. The molecule has 0 spiro atoms. The van der Waals surface area contributed by atoms with Crippen LogP contribution in [0, 0.1) is 13.8 Å². The number of benzene rings is 6. The van der Waals surface area contributed by atoms with Crippen LogP contribution in [0.25, 0.3) is 33.4 Å². The Bertz CT molecular complexity index is 1620. The Morgan fingerprint density at radius 3 is 1.15 bits per heavy atom. The zero-order chi connectivity index (χ0) is 27.3. The van der Waals surface area contributed by atoms with Crippen LogP contribution in [0.1, 0.15) is 11.1 Å². The standard InChI is InChI=1S/C38H32N2/c1-27-11-9-13-29(23-27)37-25-33(39-31-15-5-3-6-16-31)19-21-35(37)36-22-20-34(40-32-17-7-4-8-18-32)26-38(36)30-14-10-12-28(2)24-30/h3-26,39-40H,1-2H3. The summed E-state index contributed by atoms with van der Waals surface area (Å²) in [6.07, 6.45) is 0. The van der Waals surface area contributed by atoms with Gasteiger partial charge in [-0.05, 0) is 95.8 Å². The highest BCUT2D eigenvalue weighted by molar-refractivity contribution is 5.94. The van der Waals surface area contributed by atoms with Gasteiger partial charge in [-0.1, -0.05) is 108 Å². The van der Waals surface area contributed by atoms with E-state index in [4.69, 9.17) is 0 Å². The minimum Gasteiger partial charge on any atom is -0.356 e. The van der Waals surface area contributed by atoms with E-state index in [0.29, 0.717) is 0 Å². The average Bonchev–Trinajstić information content (AvgIpc) is 2.98. The van der Waals surface area contributed by atoms with Crippen molar-refractivity contribution in [2.45, 2.75) is 13.8 Å². The van der Waals surface area contributed by atoms with Gasteiger partial charge in [-0.3, -0.25) is 0 Å². The highest BCUT2D eigenvalue weighted by Gasteiger charge is 2.15. The van der Waals surface area contributed by atoms with E-state index in [1.807, 2.05) is 12.1 Å². The van der Waals surface area contributed by atoms with Crippen LogP contribution in [0.15, 0.2) is 146 Å². The molecule has 2 nitrogen and oxygen atoms in total. The van der Waals surface area contributed by atoms with Gasteiger partial charge in [-0.25, -0.2) is 0 Å². The topological polar surface area (TPSA) is 24.1 Å². The average molecular weight is 517 g/mol. The van der Waals surface area contributed by atoms with Gasteiger partial charge >= 0.3 is 0 Å². The minimum absolute atomic E-state index is 1.06. The third-order valence-corrected chi connectivity index (χ3v) is 7.11. The summed E-state index contributed by atoms with van der Waals surface area (Å²) in [4.78, 5) is 0. The molecular weight excluding hydrogens is 484 g/mol. The van der Waals surface area contributed by atoms with E-state index in [9.17, 15) is 0 Å². The number of hydrogen-bond donors (Lipinski definition) is 2. The second-order valence-electron chi connectivity index (χ2n) is 10.2. The lowest BCUT2D eigenvalue weighted by Crippen LogP contribution is -1.96. The molecule has 0 fully saturated rings. The van der Waals surface area contributed by atoms with Gasteiger partial charge in [0.25, 0.3) is 0 Å². The summed E-state index contributed by atoms with van der Waals surface area (Å²) in [5.41, 5.74) is 13.9. The number of rotatable bonds is 7. The molecule has 0 aromatic heterocycles. The van der Waals surface area contributed by atoms with Crippen LogP contribution in [-0.4, -0.2) is 0 Å². The van der Waals surface area contributed by atoms with Gasteiger partial charge < -0.3 is 10.6 Å². The van der Waals surface area contributed by atoms with Gasteiger partial charge in [0, 0.05) is 22.7 Å². The maximum atomic E-state index is 3.59. The van der Waals surface area contributed by atoms with E-state index >= 15 is 0 Å². The minimum atomic E-state index is 1.06. The van der Waals surface area contributed by atoms with E-state index in [2.05, 4.69) is 158 Å². The van der Waals surface area contributed by atoms with Crippen molar-refractivity contribution < 1.29 is 0 Å². The number of nitrogens with one attached hydrogen (secondary N) is 2.